The summed E-state index contributed by atoms with van der Waals surface area (Å²) < 4.78 is 7.41. The highest BCUT2D eigenvalue weighted by Gasteiger charge is 2.08. The van der Waals surface area contributed by atoms with E-state index in [9.17, 15) is 0 Å². The van der Waals surface area contributed by atoms with Gasteiger partial charge < -0.3 is 9.30 Å². The van der Waals surface area contributed by atoms with Gasteiger partial charge in [-0.05, 0) is 19.1 Å². The van der Waals surface area contributed by atoms with E-state index in [1.807, 2.05) is 30.6 Å². The Morgan fingerprint density at radius 3 is 3.09 bits per heavy atom. The minimum absolute atomic E-state index is 0.831. The van der Waals surface area contributed by atoms with Crippen molar-refractivity contribution in [3.05, 3.63) is 47.7 Å². The van der Waals surface area contributed by atoms with Crippen molar-refractivity contribution in [1.82, 2.24) is 14.5 Å². The number of methoxy groups -OCH3 is 1. The average Bonchev–Trinajstić information content (AvgIpc) is 3.21. The molecule has 4 nitrogen and oxygen atoms in total. The molecule has 0 atom stereocenters. The summed E-state index contributed by atoms with van der Waals surface area (Å²) in [4.78, 5) is 9.09. The number of hydrogen-bond donors (Lipinski definition) is 0. The number of benzene rings is 1. The molecular weight excluding hydrogens is 314 g/mol. The van der Waals surface area contributed by atoms with E-state index >= 15 is 0 Å². The topological polar surface area (TPSA) is 39.9 Å². The molecule has 0 saturated carbocycles. The molecule has 0 fully saturated rings. The number of rotatable bonds is 6. The van der Waals surface area contributed by atoms with Gasteiger partial charge in [-0.2, -0.15) is 0 Å². The van der Waals surface area contributed by atoms with Crippen molar-refractivity contribution in [1.29, 1.82) is 0 Å². The molecular formula is C16H17N3OS2. The second kappa shape index (κ2) is 6.98. The molecule has 0 spiro atoms. The maximum atomic E-state index is 5.27. The summed E-state index contributed by atoms with van der Waals surface area (Å²) >= 11 is 3.38. The largest absolute Gasteiger partial charge is 0.497 e. The minimum Gasteiger partial charge on any atom is -0.497 e. The third-order valence-electron chi connectivity index (χ3n) is 3.24. The molecule has 0 aliphatic carbocycles. The van der Waals surface area contributed by atoms with Crippen molar-refractivity contribution < 1.29 is 4.74 Å². The number of ether oxygens (including phenoxy) is 1. The van der Waals surface area contributed by atoms with Gasteiger partial charge in [0.2, 0.25) is 0 Å². The van der Waals surface area contributed by atoms with Crippen molar-refractivity contribution >= 4 is 23.1 Å². The van der Waals surface area contributed by atoms with Gasteiger partial charge >= 0.3 is 0 Å². The lowest BCUT2D eigenvalue weighted by Crippen LogP contribution is -1.94. The molecule has 3 aromatic rings. The van der Waals surface area contributed by atoms with Crippen molar-refractivity contribution in [2.24, 2.45) is 0 Å². The van der Waals surface area contributed by atoms with E-state index in [2.05, 4.69) is 27.9 Å². The average molecular weight is 331 g/mol. The van der Waals surface area contributed by atoms with Crippen LogP contribution in [0.25, 0.3) is 10.6 Å². The third-order valence-corrected chi connectivity index (χ3v) is 5.21. The third kappa shape index (κ3) is 3.34. The molecule has 2 aromatic heterocycles. The summed E-state index contributed by atoms with van der Waals surface area (Å²) in [5.41, 5.74) is 2.18. The number of thiazole rings is 1. The van der Waals surface area contributed by atoms with Crippen LogP contribution in [0.2, 0.25) is 0 Å². The monoisotopic (exact) mass is 331 g/mol. The van der Waals surface area contributed by atoms with Crippen LogP contribution < -0.4 is 4.74 Å². The normalized spacial score (nSPS) is 10.8. The first-order chi connectivity index (χ1) is 10.8. The van der Waals surface area contributed by atoms with E-state index < -0.39 is 0 Å². The molecule has 2 heterocycles. The first kappa shape index (κ1) is 15.1. The molecule has 114 valence electrons. The van der Waals surface area contributed by atoms with Crippen LogP contribution in [0, 0.1) is 0 Å². The van der Waals surface area contributed by atoms with Crippen molar-refractivity contribution in [3.63, 3.8) is 0 Å². The predicted molar refractivity (Wildman–Crippen MR) is 91.6 cm³/mol. The summed E-state index contributed by atoms with van der Waals surface area (Å²) in [5, 5.41) is 4.17. The Morgan fingerprint density at radius 2 is 2.27 bits per heavy atom. The zero-order valence-corrected chi connectivity index (χ0v) is 14.2. The van der Waals surface area contributed by atoms with Crippen molar-refractivity contribution in [2.75, 3.05) is 7.11 Å². The number of imidazole rings is 1. The highest BCUT2D eigenvalue weighted by atomic mass is 32.2. The lowest BCUT2D eigenvalue weighted by Gasteiger charge is -2.02. The first-order valence-corrected chi connectivity index (χ1v) is 8.89. The van der Waals surface area contributed by atoms with Crippen LogP contribution in [0.5, 0.6) is 5.75 Å². The van der Waals surface area contributed by atoms with Crippen molar-refractivity contribution in [2.45, 2.75) is 24.4 Å². The van der Waals surface area contributed by atoms with Gasteiger partial charge in [0.25, 0.3) is 0 Å². The minimum atomic E-state index is 0.831. The summed E-state index contributed by atoms with van der Waals surface area (Å²) in [6.45, 7) is 3.06. The Balaban J connectivity index is 1.71. The molecule has 0 unspecified atom stereocenters. The fraction of sp³-hybridized carbons (Fsp3) is 0.250. The van der Waals surface area contributed by atoms with Crippen LogP contribution in [0.4, 0.5) is 0 Å². The van der Waals surface area contributed by atoms with Gasteiger partial charge in [0.15, 0.2) is 5.16 Å². The molecule has 0 bridgehead atoms. The summed E-state index contributed by atoms with van der Waals surface area (Å²) in [7, 11) is 1.68. The second-order valence-corrected chi connectivity index (χ2v) is 6.46. The van der Waals surface area contributed by atoms with E-state index in [0.29, 0.717) is 0 Å². The Labute approximate surface area is 138 Å². The Kier molecular flexibility index (Phi) is 4.80. The van der Waals surface area contributed by atoms with Gasteiger partial charge in [0.1, 0.15) is 10.8 Å². The maximum absolute atomic E-state index is 5.27. The number of thioether (sulfide) groups is 1. The van der Waals surface area contributed by atoms with Gasteiger partial charge in [0.05, 0.1) is 12.8 Å². The summed E-state index contributed by atoms with van der Waals surface area (Å²) in [6.07, 6.45) is 3.85. The highest BCUT2D eigenvalue weighted by Crippen LogP contribution is 2.29. The van der Waals surface area contributed by atoms with E-state index in [-0.39, 0.29) is 0 Å². The summed E-state index contributed by atoms with van der Waals surface area (Å²) in [5.74, 6) is 1.69. The number of aryl methyl sites for hydroxylation is 1. The molecule has 22 heavy (non-hydrogen) atoms. The van der Waals surface area contributed by atoms with Gasteiger partial charge in [-0.15, -0.1) is 11.3 Å². The molecule has 0 saturated heterocycles. The highest BCUT2D eigenvalue weighted by molar-refractivity contribution is 7.98. The van der Waals surface area contributed by atoms with Crippen LogP contribution >= 0.6 is 23.1 Å². The SMILES string of the molecule is CCn1ccnc1SCc1csc(-c2cccc(OC)c2)n1. The summed E-state index contributed by atoms with van der Waals surface area (Å²) in [6, 6.07) is 8.00. The van der Waals surface area contributed by atoms with Crippen LogP contribution in [0.3, 0.4) is 0 Å². The van der Waals surface area contributed by atoms with E-state index in [0.717, 1.165) is 39.5 Å². The Morgan fingerprint density at radius 1 is 1.36 bits per heavy atom. The van der Waals surface area contributed by atoms with E-state index in [1.54, 1.807) is 30.2 Å². The van der Waals surface area contributed by atoms with Crippen LogP contribution in [0.1, 0.15) is 12.6 Å². The lowest BCUT2D eigenvalue weighted by atomic mass is 10.2. The van der Waals surface area contributed by atoms with Crippen LogP contribution in [0.15, 0.2) is 47.2 Å². The molecule has 1 aromatic carbocycles. The predicted octanol–water partition coefficient (Wildman–Crippen LogP) is 4.33. The smallest absolute Gasteiger partial charge is 0.168 e. The van der Waals surface area contributed by atoms with Crippen LogP contribution in [-0.4, -0.2) is 21.6 Å². The fourth-order valence-electron chi connectivity index (χ4n) is 2.08. The fourth-order valence-corrected chi connectivity index (χ4v) is 3.92. The lowest BCUT2D eigenvalue weighted by molar-refractivity contribution is 0.415. The Hall–Kier alpha value is -1.79. The van der Waals surface area contributed by atoms with Crippen LogP contribution in [-0.2, 0) is 12.3 Å². The van der Waals surface area contributed by atoms with Crippen molar-refractivity contribution in [3.8, 4) is 16.3 Å². The molecule has 0 aliphatic rings. The molecule has 3 rings (SSSR count). The molecule has 0 amide bonds. The second-order valence-electron chi connectivity index (χ2n) is 4.66. The molecule has 0 N–H and O–H groups in total. The molecule has 0 radical (unpaired) electrons. The van der Waals surface area contributed by atoms with Gasteiger partial charge in [-0.1, -0.05) is 23.9 Å². The van der Waals surface area contributed by atoms with E-state index in [4.69, 9.17) is 9.72 Å². The van der Waals surface area contributed by atoms with Gasteiger partial charge in [0, 0.05) is 35.6 Å². The zero-order chi connectivity index (χ0) is 15.4. The first-order valence-electron chi connectivity index (χ1n) is 7.03. The van der Waals surface area contributed by atoms with E-state index in [1.165, 1.54) is 0 Å². The molecule has 0 aliphatic heterocycles. The van der Waals surface area contributed by atoms with Gasteiger partial charge in [-0.3, -0.25) is 0 Å². The maximum Gasteiger partial charge on any atom is 0.168 e. The number of aromatic nitrogens is 3. The standard InChI is InChI=1S/C16H17N3OS2/c1-3-19-8-7-17-16(19)22-11-13-10-21-15(18-13)12-5-4-6-14(9-12)20-2/h4-10H,3,11H2,1-2H3. The molecule has 6 heteroatoms. The number of nitrogens with zero attached hydrogens (tertiary/aromatic N) is 3. The Bertz CT molecular complexity index is 751. The zero-order valence-electron chi connectivity index (χ0n) is 12.5. The quantitative estimate of drug-likeness (QED) is 0.630. The van der Waals surface area contributed by atoms with Gasteiger partial charge in [-0.25, -0.2) is 9.97 Å². The number of hydrogen-bond acceptors (Lipinski definition) is 5.